The molecule has 1 atom stereocenters. The van der Waals surface area contributed by atoms with Gasteiger partial charge in [0, 0.05) is 38.9 Å². The van der Waals surface area contributed by atoms with Gasteiger partial charge >= 0.3 is 0 Å². The zero-order valence-electron chi connectivity index (χ0n) is 15.2. The van der Waals surface area contributed by atoms with Crippen LogP contribution in [-0.2, 0) is 20.9 Å². The Labute approximate surface area is 154 Å². The monoisotopic (exact) mass is 357 g/mol. The quantitative estimate of drug-likeness (QED) is 0.828. The van der Waals surface area contributed by atoms with Gasteiger partial charge < -0.3 is 14.5 Å². The Balaban J connectivity index is 1.37. The van der Waals surface area contributed by atoms with E-state index >= 15 is 0 Å². The standard InChI is InChI=1S/C20H27N3O3/c24-18-4-6-20(15-23(18)13-17-3-1-2-9-21-17)7-10-22(11-8-20)19(25)16-5-12-26-14-16/h1-3,9,16H,4-8,10-15H2. The molecular formula is C20H27N3O3. The van der Waals surface area contributed by atoms with Gasteiger partial charge in [-0.1, -0.05) is 6.07 Å². The number of likely N-dealkylation sites (tertiary alicyclic amines) is 2. The first-order valence-electron chi connectivity index (χ1n) is 9.69. The van der Waals surface area contributed by atoms with Crippen molar-refractivity contribution in [1.82, 2.24) is 14.8 Å². The van der Waals surface area contributed by atoms with E-state index in [1.54, 1.807) is 6.20 Å². The molecule has 0 radical (unpaired) electrons. The van der Waals surface area contributed by atoms with E-state index < -0.39 is 0 Å². The molecule has 0 aromatic carbocycles. The molecular weight excluding hydrogens is 330 g/mol. The van der Waals surface area contributed by atoms with Crippen LogP contribution in [0.15, 0.2) is 24.4 Å². The van der Waals surface area contributed by atoms with Gasteiger partial charge in [0.2, 0.25) is 11.8 Å². The summed E-state index contributed by atoms with van der Waals surface area (Å²) in [7, 11) is 0. The number of pyridine rings is 1. The van der Waals surface area contributed by atoms with Crippen LogP contribution < -0.4 is 0 Å². The maximum Gasteiger partial charge on any atom is 0.228 e. The van der Waals surface area contributed by atoms with E-state index in [1.165, 1.54) is 0 Å². The molecule has 0 N–H and O–H groups in total. The van der Waals surface area contributed by atoms with Crippen molar-refractivity contribution in [3.8, 4) is 0 Å². The summed E-state index contributed by atoms with van der Waals surface area (Å²) in [6.45, 7) is 4.27. The van der Waals surface area contributed by atoms with Crippen LogP contribution in [0.5, 0.6) is 0 Å². The number of rotatable bonds is 3. The van der Waals surface area contributed by atoms with Gasteiger partial charge in [-0.15, -0.1) is 0 Å². The number of nitrogens with zero attached hydrogens (tertiary/aromatic N) is 3. The highest BCUT2D eigenvalue weighted by molar-refractivity contribution is 5.79. The Morgan fingerprint density at radius 1 is 1.27 bits per heavy atom. The average Bonchev–Trinajstić information content (AvgIpc) is 3.21. The van der Waals surface area contributed by atoms with E-state index in [-0.39, 0.29) is 23.1 Å². The summed E-state index contributed by atoms with van der Waals surface area (Å²) in [5.41, 5.74) is 1.10. The van der Waals surface area contributed by atoms with Crippen molar-refractivity contribution in [1.29, 1.82) is 0 Å². The molecule has 1 aromatic rings. The van der Waals surface area contributed by atoms with Crippen LogP contribution in [-0.4, -0.2) is 59.4 Å². The SMILES string of the molecule is O=C1CCC2(CCN(C(=O)C3CCOC3)CC2)CN1Cc1ccccn1. The average molecular weight is 357 g/mol. The smallest absolute Gasteiger partial charge is 0.228 e. The highest BCUT2D eigenvalue weighted by Crippen LogP contribution is 2.41. The van der Waals surface area contributed by atoms with Crippen molar-refractivity contribution in [2.45, 2.75) is 38.6 Å². The molecule has 6 nitrogen and oxygen atoms in total. The second-order valence-electron chi connectivity index (χ2n) is 7.96. The van der Waals surface area contributed by atoms with Crippen LogP contribution in [0.1, 0.15) is 37.8 Å². The van der Waals surface area contributed by atoms with Gasteiger partial charge in [-0.05, 0) is 43.2 Å². The first-order valence-corrected chi connectivity index (χ1v) is 9.69. The Morgan fingerprint density at radius 3 is 2.81 bits per heavy atom. The van der Waals surface area contributed by atoms with Gasteiger partial charge in [0.25, 0.3) is 0 Å². The van der Waals surface area contributed by atoms with E-state index in [4.69, 9.17) is 4.74 Å². The fourth-order valence-corrected chi connectivity index (χ4v) is 4.53. The zero-order chi connectivity index (χ0) is 18.0. The number of ether oxygens (including phenoxy) is 1. The van der Waals surface area contributed by atoms with Crippen LogP contribution >= 0.6 is 0 Å². The highest BCUT2D eigenvalue weighted by atomic mass is 16.5. The number of hydrogen-bond donors (Lipinski definition) is 0. The molecule has 4 heterocycles. The molecule has 140 valence electrons. The van der Waals surface area contributed by atoms with Gasteiger partial charge in [-0.2, -0.15) is 0 Å². The molecule has 1 spiro atoms. The van der Waals surface area contributed by atoms with Gasteiger partial charge in [-0.25, -0.2) is 0 Å². The van der Waals surface area contributed by atoms with Gasteiger partial charge in [0.15, 0.2) is 0 Å². The Morgan fingerprint density at radius 2 is 2.12 bits per heavy atom. The lowest BCUT2D eigenvalue weighted by molar-refractivity contribution is -0.144. The fourth-order valence-electron chi connectivity index (χ4n) is 4.53. The molecule has 0 aliphatic carbocycles. The molecule has 0 saturated carbocycles. The number of piperidine rings is 2. The third-order valence-corrected chi connectivity index (χ3v) is 6.24. The van der Waals surface area contributed by atoms with E-state index in [9.17, 15) is 9.59 Å². The van der Waals surface area contributed by atoms with Gasteiger partial charge in [0.1, 0.15) is 0 Å². The zero-order valence-corrected chi connectivity index (χ0v) is 15.2. The number of aromatic nitrogens is 1. The first-order chi connectivity index (χ1) is 12.7. The molecule has 26 heavy (non-hydrogen) atoms. The topological polar surface area (TPSA) is 62.7 Å². The first kappa shape index (κ1) is 17.5. The van der Waals surface area contributed by atoms with Gasteiger partial charge in [0.05, 0.1) is 24.8 Å². The second-order valence-corrected chi connectivity index (χ2v) is 7.96. The third-order valence-electron chi connectivity index (χ3n) is 6.24. The van der Waals surface area contributed by atoms with Crippen LogP contribution in [0.25, 0.3) is 0 Å². The van der Waals surface area contributed by atoms with Crippen LogP contribution in [0.4, 0.5) is 0 Å². The van der Waals surface area contributed by atoms with E-state index in [0.717, 1.165) is 51.0 Å². The number of carbonyl (C=O) groups excluding carboxylic acids is 2. The van der Waals surface area contributed by atoms with Crippen LogP contribution in [0, 0.1) is 11.3 Å². The van der Waals surface area contributed by atoms with Crippen molar-refractivity contribution in [2.75, 3.05) is 32.8 Å². The minimum Gasteiger partial charge on any atom is -0.381 e. The van der Waals surface area contributed by atoms with Crippen molar-refractivity contribution >= 4 is 11.8 Å². The minimum atomic E-state index is 0.0534. The minimum absolute atomic E-state index is 0.0534. The summed E-state index contributed by atoms with van der Waals surface area (Å²) in [6.07, 6.45) is 6.15. The van der Waals surface area contributed by atoms with E-state index in [0.29, 0.717) is 26.2 Å². The Kier molecular flexibility index (Phi) is 4.94. The third kappa shape index (κ3) is 3.61. The lowest BCUT2D eigenvalue weighted by Crippen LogP contribution is -2.52. The number of carbonyl (C=O) groups is 2. The normalized spacial score (nSPS) is 25.7. The molecule has 6 heteroatoms. The Bertz CT molecular complexity index is 650. The molecule has 3 saturated heterocycles. The molecule has 3 fully saturated rings. The van der Waals surface area contributed by atoms with Crippen molar-refractivity contribution < 1.29 is 14.3 Å². The summed E-state index contributed by atoms with van der Waals surface area (Å²) >= 11 is 0. The van der Waals surface area contributed by atoms with E-state index in [1.807, 2.05) is 28.0 Å². The van der Waals surface area contributed by atoms with Crippen molar-refractivity contribution in [3.63, 3.8) is 0 Å². The summed E-state index contributed by atoms with van der Waals surface area (Å²) in [5, 5.41) is 0. The predicted molar refractivity (Wildman–Crippen MR) is 96.1 cm³/mol. The summed E-state index contributed by atoms with van der Waals surface area (Å²) in [6, 6.07) is 5.83. The van der Waals surface area contributed by atoms with Crippen LogP contribution in [0.3, 0.4) is 0 Å². The molecule has 1 aromatic heterocycles. The summed E-state index contributed by atoms with van der Waals surface area (Å²) < 4.78 is 5.36. The summed E-state index contributed by atoms with van der Waals surface area (Å²) in [5.74, 6) is 0.537. The lowest BCUT2D eigenvalue weighted by atomic mass is 9.72. The molecule has 0 bridgehead atoms. The Hall–Kier alpha value is -1.95. The molecule has 2 amide bonds. The highest BCUT2D eigenvalue weighted by Gasteiger charge is 2.42. The van der Waals surface area contributed by atoms with Crippen molar-refractivity contribution in [2.24, 2.45) is 11.3 Å². The maximum absolute atomic E-state index is 12.6. The maximum atomic E-state index is 12.6. The van der Waals surface area contributed by atoms with Crippen molar-refractivity contribution in [3.05, 3.63) is 30.1 Å². The summed E-state index contributed by atoms with van der Waals surface area (Å²) in [4.78, 5) is 33.3. The van der Waals surface area contributed by atoms with Crippen LogP contribution in [0.2, 0.25) is 0 Å². The molecule has 1 unspecified atom stereocenters. The molecule has 3 aliphatic rings. The van der Waals surface area contributed by atoms with Gasteiger partial charge in [-0.3, -0.25) is 14.6 Å². The fraction of sp³-hybridized carbons (Fsp3) is 0.650. The number of amides is 2. The number of hydrogen-bond acceptors (Lipinski definition) is 4. The second kappa shape index (κ2) is 7.35. The predicted octanol–water partition coefficient (Wildman–Crippen LogP) is 1.85. The largest absolute Gasteiger partial charge is 0.381 e. The van der Waals surface area contributed by atoms with E-state index in [2.05, 4.69) is 4.98 Å². The molecule has 3 aliphatic heterocycles. The lowest BCUT2D eigenvalue weighted by Gasteiger charge is -2.47. The molecule has 4 rings (SSSR count).